The maximum absolute atomic E-state index is 12.6. The number of aryl methyl sites for hydroxylation is 1. The largest absolute Gasteiger partial charge is 0.490 e. The summed E-state index contributed by atoms with van der Waals surface area (Å²) in [7, 11) is 0. The van der Waals surface area contributed by atoms with Gasteiger partial charge in [-0.1, -0.05) is 6.07 Å². The van der Waals surface area contributed by atoms with E-state index in [9.17, 15) is 4.79 Å². The molecule has 1 aliphatic rings. The first-order valence-electron chi connectivity index (χ1n) is 6.39. The third-order valence-corrected chi connectivity index (χ3v) is 4.04. The number of thiazole rings is 1. The van der Waals surface area contributed by atoms with Gasteiger partial charge in [0.15, 0.2) is 0 Å². The number of hydrogen-bond acceptors (Lipinski definition) is 5. The van der Waals surface area contributed by atoms with E-state index in [0.717, 1.165) is 22.0 Å². The summed E-state index contributed by atoms with van der Waals surface area (Å²) in [6.45, 7) is 3.38. The number of carbonyl (C=O) groups excluding carboxylic acids is 1. The molecule has 1 aromatic heterocycles. The van der Waals surface area contributed by atoms with Gasteiger partial charge in [0.05, 0.1) is 12.2 Å². The van der Waals surface area contributed by atoms with Crippen LogP contribution in [-0.2, 0) is 6.54 Å². The van der Waals surface area contributed by atoms with E-state index in [1.165, 1.54) is 11.3 Å². The molecule has 5 nitrogen and oxygen atoms in total. The van der Waals surface area contributed by atoms with Crippen LogP contribution in [0.1, 0.15) is 21.1 Å². The highest BCUT2D eigenvalue weighted by Crippen LogP contribution is 2.33. The number of anilines is 1. The number of nitrogens with two attached hydrogens (primary N) is 1. The van der Waals surface area contributed by atoms with Crippen molar-refractivity contribution in [3.05, 3.63) is 39.8 Å². The molecule has 0 fully saturated rings. The Labute approximate surface area is 121 Å². The molecule has 20 heavy (non-hydrogen) atoms. The number of benzene rings is 1. The number of hydrogen-bond donors (Lipinski definition) is 1. The van der Waals surface area contributed by atoms with E-state index < -0.39 is 0 Å². The highest BCUT2D eigenvalue weighted by atomic mass is 32.1. The topological polar surface area (TPSA) is 68.5 Å². The second-order valence-electron chi connectivity index (χ2n) is 4.61. The fourth-order valence-corrected chi connectivity index (χ4v) is 2.83. The van der Waals surface area contributed by atoms with Gasteiger partial charge in [-0.15, -0.1) is 11.3 Å². The lowest BCUT2D eigenvalue weighted by molar-refractivity contribution is 0.0972. The minimum atomic E-state index is -0.102. The van der Waals surface area contributed by atoms with E-state index in [1.807, 2.05) is 25.1 Å². The van der Waals surface area contributed by atoms with E-state index in [-0.39, 0.29) is 5.91 Å². The average molecular weight is 289 g/mol. The molecule has 2 N–H and O–H groups in total. The Morgan fingerprint density at radius 2 is 2.40 bits per heavy atom. The summed E-state index contributed by atoms with van der Waals surface area (Å²) in [5, 5.41) is 2.53. The third kappa shape index (κ3) is 2.28. The molecule has 0 radical (unpaired) electrons. The Bertz CT molecular complexity index is 654. The maximum Gasteiger partial charge on any atom is 0.277 e. The Morgan fingerprint density at radius 1 is 1.55 bits per heavy atom. The van der Waals surface area contributed by atoms with Crippen LogP contribution >= 0.6 is 11.3 Å². The Balaban J connectivity index is 1.93. The molecule has 0 bridgehead atoms. The number of amides is 1. The molecule has 104 valence electrons. The summed E-state index contributed by atoms with van der Waals surface area (Å²) in [4.78, 5) is 18.5. The van der Waals surface area contributed by atoms with E-state index >= 15 is 0 Å². The fourth-order valence-electron chi connectivity index (χ4n) is 2.18. The molecule has 6 heteroatoms. The highest BCUT2D eigenvalue weighted by molar-refractivity contribution is 7.09. The number of ether oxygens (including phenoxy) is 1. The first kappa shape index (κ1) is 13.1. The van der Waals surface area contributed by atoms with Crippen LogP contribution in [0, 0.1) is 6.92 Å². The third-order valence-electron chi connectivity index (χ3n) is 3.17. The SMILES string of the molecule is Cc1ccc2c(c1)OCCN2C(=O)c1csc(CN)n1. The molecule has 2 aromatic rings. The van der Waals surface area contributed by atoms with E-state index in [4.69, 9.17) is 10.5 Å². The minimum Gasteiger partial charge on any atom is -0.490 e. The molecule has 1 amide bonds. The van der Waals surface area contributed by atoms with Gasteiger partial charge in [-0.05, 0) is 24.6 Å². The maximum atomic E-state index is 12.6. The van der Waals surface area contributed by atoms with Crippen LogP contribution in [0.4, 0.5) is 5.69 Å². The second kappa shape index (κ2) is 5.22. The zero-order valence-corrected chi connectivity index (χ0v) is 11.9. The second-order valence-corrected chi connectivity index (χ2v) is 5.55. The summed E-state index contributed by atoms with van der Waals surface area (Å²) >= 11 is 1.41. The van der Waals surface area contributed by atoms with E-state index in [2.05, 4.69) is 4.98 Å². The van der Waals surface area contributed by atoms with Crippen molar-refractivity contribution in [3.8, 4) is 5.75 Å². The number of fused-ring (bicyclic) bond motifs is 1. The van der Waals surface area contributed by atoms with E-state index in [0.29, 0.717) is 25.4 Å². The molecule has 0 saturated carbocycles. The Kier molecular flexibility index (Phi) is 3.42. The van der Waals surface area contributed by atoms with Crippen LogP contribution < -0.4 is 15.4 Å². The minimum absolute atomic E-state index is 0.102. The van der Waals surface area contributed by atoms with Gasteiger partial charge in [0.2, 0.25) is 0 Å². The zero-order chi connectivity index (χ0) is 14.1. The van der Waals surface area contributed by atoms with Crippen molar-refractivity contribution in [2.24, 2.45) is 5.73 Å². The quantitative estimate of drug-likeness (QED) is 0.917. The van der Waals surface area contributed by atoms with Gasteiger partial charge in [0.1, 0.15) is 23.1 Å². The van der Waals surface area contributed by atoms with Crippen LogP contribution in [0.5, 0.6) is 5.75 Å². The average Bonchev–Trinajstić information content (AvgIpc) is 2.94. The normalized spacial score (nSPS) is 13.8. The van der Waals surface area contributed by atoms with Gasteiger partial charge in [-0.3, -0.25) is 4.79 Å². The number of carbonyl (C=O) groups is 1. The number of aromatic nitrogens is 1. The van der Waals surface area contributed by atoms with Crippen molar-refractivity contribution < 1.29 is 9.53 Å². The lowest BCUT2D eigenvalue weighted by Crippen LogP contribution is -2.38. The Hall–Kier alpha value is -1.92. The number of nitrogens with zero attached hydrogens (tertiary/aromatic N) is 2. The van der Waals surface area contributed by atoms with Crippen molar-refractivity contribution in [2.45, 2.75) is 13.5 Å². The van der Waals surface area contributed by atoms with Crippen molar-refractivity contribution in [2.75, 3.05) is 18.1 Å². The first-order valence-corrected chi connectivity index (χ1v) is 7.27. The molecule has 0 unspecified atom stereocenters. The van der Waals surface area contributed by atoms with Crippen molar-refractivity contribution in [1.82, 2.24) is 4.98 Å². The first-order chi connectivity index (χ1) is 9.69. The van der Waals surface area contributed by atoms with Gasteiger partial charge in [0.25, 0.3) is 5.91 Å². The molecule has 2 heterocycles. The molecular weight excluding hydrogens is 274 g/mol. The zero-order valence-electron chi connectivity index (χ0n) is 11.1. The highest BCUT2D eigenvalue weighted by Gasteiger charge is 2.26. The van der Waals surface area contributed by atoms with Crippen LogP contribution in [0.3, 0.4) is 0 Å². The van der Waals surface area contributed by atoms with Crippen LogP contribution in [0.2, 0.25) is 0 Å². The molecule has 1 aromatic carbocycles. The van der Waals surface area contributed by atoms with Crippen LogP contribution in [0.15, 0.2) is 23.6 Å². The number of rotatable bonds is 2. The standard InChI is InChI=1S/C14H15N3O2S/c1-9-2-3-11-12(6-9)19-5-4-17(11)14(18)10-8-20-13(7-15)16-10/h2-3,6,8H,4-5,7,15H2,1H3. The van der Waals surface area contributed by atoms with Gasteiger partial charge < -0.3 is 15.4 Å². The molecule has 0 saturated heterocycles. The predicted molar refractivity (Wildman–Crippen MR) is 78.4 cm³/mol. The van der Waals surface area contributed by atoms with Crippen LogP contribution in [0.25, 0.3) is 0 Å². The molecule has 0 spiro atoms. The summed E-state index contributed by atoms with van der Waals surface area (Å²) in [6, 6.07) is 5.83. The molecule has 3 rings (SSSR count). The lowest BCUT2D eigenvalue weighted by atomic mass is 10.1. The van der Waals surface area contributed by atoms with Crippen molar-refractivity contribution >= 4 is 22.9 Å². The Morgan fingerprint density at radius 3 is 3.15 bits per heavy atom. The molecule has 0 atom stereocenters. The van der Waals surface area contributed by atoms with Gasteiger partial charge in [0, 0.05) is 11.9 Å². The van der Waals surface area contributed by atoms with Gasteiger partial charge in [-0.2, -0.15) is 0 Å². The van der Waals surface area contributed by atoms with Gasteiger partial charge >= 0.3 is 0 Å². The monoisotopic (exact) mass is 289 g/mol. The summed E-state index contributed by atoms with van der Waals surface area (Å²) in [5.74, 6) is 0.647. The smallest absolute Gasteiger partial charge is 0.277 e. The summed E-state index contributed by atoms with van der Waals surface area (Å²) in [6.07, 6.45) is 0. The summed E-state index contributed by atoms with van der Waals surface area (Å²) in [5.41, 5.74) is 7.89. The van der Waals surface area contributed by atoms with Gasteiger partial charge in [-0.25, -0.2) is 4.98 Å². The lowest BCUT2D eigenvalue weighted by Gasteiger charge is -2.29. The molecule has 1 aliphatic heterocycles. The molecular formula is C14H15N3O2S. The van der Waals surface area contributed by atoms with Crippen molar-refractivity contribution in [3.63, 3.8) is 0 Å². The van der Waals surface area contributed by atoms with Crippen LogP contribution in [-0.4, -0.2) is 24.0 Å². The van der Waals surface area contributed by atoms with E-state index in [1.54, 1.807) is 10.3 Å². The predicted octanol–water partition coefficient (Wildman–Crippen LogP) is 1.95. The molecule has 0 aliphatic carbocycles. The fraction of sp³-hybridized carbons (Fsp3) is 0.286. The summed E-state index contributed by atoms with van der Waals surface area (Å²) < 4.78 is 5.62. The van der Waals surface area contributed by atoms with Crippen molar-refractivity contribution in [1.29, 1.82) is 0 Å².